The second-order valence-electron chi connectivity index (χ2n) is 7.43. The second-order valence-corrected chi connectivity index (χ2v) is 7.43. The maximum atomic E-state index is 12.9. The van der Waals surface area contributed by atoms with Crippen molar-refractivity contribution in [2.24, 2.45) is 5.10 Å². The first-order valence-corrected chi connectivity index (χ1v) is 9.33. The van der Waals surface area contributed by atoms with Crippen molar-refractivity contribution in [2.75, 3.05) is 13.6 Å². The van der Waals surface area contributed by atoms with Crippen LogP contribution in [0.15, 0.2) is 29.4 Å². The lowest BCUT2D eigenvalue weighted by Gasteiger charge is -2.35. The highest BCUT2D eigenvalue weighted by Gasteiger charge is 2.37. The van der Waals surface area contributed by atoms with Gasteiger partial charge in [-0.1, -0.05) is 24.3 Å². The van der Waals surface area contributed by atoms with E-state index in [1.807, 2.05) is 0 Å². The van der Waals surface area contributed by atoms with Crippen molar-refractivity contribution < 1.29 is 9.59 Å². The van der Waals surface area contributed by atoms with Gasteiger partial charge in [-0.3, -0.25) is 9.59 Å². The lowest BCUT2D eigenvalue weighted by atomic mass is 9.78. The molecule has 25 heavy (non-hydrogen) atoms. The van der Waals surface area contributed by atoms with Crippen LogP contribution in [-0.4, -0.2) is 47.1 Å². The summed E-state index contributed by atoms with van der Waals surface area (Å²) in [5, 5.41) is 5.56. The highest BCUT2D eigenvalue weighted by atomic mass is 16.2. The fourth-order valence-electron chi connectivity index (χ4n) is 4.68. The van der Waals surface area contributed by atoms with Gasteiger partial charge >= 0.3 is 0 Å². The fourth-order valence-corrected chi connectivity index (χ4v) is 4.68. The molecule has 1 aliphatic carbocycles. The van der Waals surface area contributed by atoms with Crippen LogP contribution in [-0.2, 0) is 16.0 Å². The van der Waals surface area contributed by atoms with Crippen LogP contribution in [0.1, 0.15) is 55.6 Å². The third-order valence-corrected chi connectivity index (χ3v) is 5.86. The monoisotopic (exact) mass is 339 g/mol. The number of likely N-dealkylation sites (tertiary alicyclic amines) is 1. The molecule has 132 valence electrons. The van der Waals surface area contributed by atoms with Crippen LogP contribution >= 0.6 is 0 Å². The lowest BCUT2D eigenvalue weighted by molar-refractivity contribution is -0.131. The van der Waals surface area contributed by atoms with Crippen molar-refractivity contribution in [1.29, 1.82) is 0 Å². The molecule has 2 aliphatic heterocycles. The van der Waals surface area contributed by atoms with Crippen LogP contribution < -0.4 is 0 Å². The van der Waals surface area contributed by atoms with E-state index in [4.69, 9.17) is 0 Å². The molecule has 0 N–H and O–H groups in total. The highest BCUT2D eigenvalue weighted by molar-refractivity contribution is 6.11. The molecule has 1 saturated heterocycles. The summed E-state index contributed by atoms with van der Waals surface area (Å²) in [5.74, 6) is 0.556. The average molecular weight is 339 g/mol. The number of aryl methyl sites for hydroxylation is 1. The Morgan fingerprint density at radius 2 is 2.08 bits per heavy atom. The molecule has 0 unspecified atom stereocenters. The van der Waals surface area contributed by atoms with Gasteiger partial charge in [-0.25, -0.2) is 5.01 Å². The molecule has 0 aromatic heterocycles. The van der Waals surface area contributed by atoms with Gasteiger partial charge < -0.3 is 4.90 Å². The van der Waals surface area contributed by atoms with Crippen LogP contribution in [0.25, 0.3) is 0 Å². The predicted octanol–water partition coefficient (Wildman–Crippen LogP) is 2.71. The molecular weight excluding hydrogens is 314 g/mol. The van der Waals surface area contributed by atoms with E-state index in [1.54, 1.807) is 7.05 Å². The Kier molecular flexibility index (Phi) is 4.32. The summed E-state index contributed by atoms with van der Waals surface area (Å²) in [6.45, 7) is 0.833. The van der Waals surface area contributed by atoms with Gasteiger partial charge in [0.25, 0.3) is 0 Å². The molecule has 0 bridgehead atoms. The molecule has 3 aliphatic rings. The largest absolute Gasteiger partial charge is 0.339 e. The summed E-state index contributed by atoms with van der Waals surface area (Å²) in [6.07, 6.45) is 6.23. The van der Waals surface area contributed by atoms with Gasteiger partial charge in [0.05, 0.1) is 18.6 Å². The first kappa shape index (κ1) is 16.3. The van der Waals surface area contributed by atoms with Crippen molar-refractivity contribution >= 4 is 17.5 Å². The van der Waals surface area contributed by atoms with Crippen molar-refractivity contribution in [3.63, 3.8) is 0 Å². The molecule has 5 heteroatoms. The zero-order valence-electron chi connectivity index (χ0n) is 14.8. The van der Waals surface area contributed by atoms with Gasteiger partial charge in [0, 0.05) is 25.6 Å². The number of benzene rings is 1. The molecule has 4 rings (SSSR count). The second kappa shape index (κ2) is 6.62. The van der Waals surface area contributed by atoms with Crippen LogP contribution in [0.5, 0.6) is 0 Å². The maximum absolute atomic E-state index is 12.9. The number of rotatable bonds is 3. The third kappa shape index (κ3) is 3.08. The number of amides is 2. The number of hydrogen-bond acceptors (Lipinski definition) is 3. The van der Waals surface area contributed by atoms with E-state index >= 15 is 0 Å². The molecule has 2 amide bonds. The van der Waals surface area contributed by atoms with Crippen molar-refractivity contribution in [3.8, 4) is 0 Å². The van der Waals surface area contributed by atoms with Crippen LogP contribution in [0.3, 0.4) is 0 Å². The topological polar surface area (TPSA) is 53.0 Å². The zero-order chi connectivity index (χ0) is 17.4. The van der Waals surface area contributed by atoms with E-state index in [0.29, 0.717) is 17.7 Å². The van der Waals surface area contributed by atoms with E-state index < -0.39 is 0 Å². The number of carbonyl (C=O) groups is 2. The molecule has 1 aromatic carbocycles. The predicted molar refractivity (Wildman–Crippen MR) is 96.3 cm³/mol. The van der Waals surface area contributed by atoms with Gasteiger partial charge in [-0.15, -0.1) is 0 Å². The molecule has 1 fully saturated rings. The zero-order valence-corrected chi connectivity index (χ0v) is 14.8. The summed E-state index contributed by atoms with van der Waals surface area (Å²) in [6, 6.07) is 9.01. The lowest BCUT2D eigenvalue weighted by Crippen LogP contribution is -2.40. The molecular formula is C20H25N3O2. The van der Waals surface area contributed by atoms with Gasteiger partial charge in [0.2, 0.25) is 11.8 Å². The molecule has 0 radical (unpaired) electrons. The van der Waals surface area contributed by atoms with E-state index in [-0.39, 0.29) is 24.7 Å². The minimum Gasteiger partial charge on any atom is -0.339 e. The normalized spacial score (nSPS) is 26.0. The Morgan fingerprint density at radius 1 is 1.24 bits per heavy atom. The summed E-state index contributed by atoms with van der Waals surface area (Å²) in [4.78, 5) is 26.6. The third-order valence-electron chi connectivity index (χ3n) is 5.86. The number of carbonyl (C=O) groups excluding carboxylic acids is 2. The van der Waals surface area contributed by atoms with Crippen molar-refractivity contribution in [3.05, 3.63) is 35.4 Å². The maximum Gasteiger partial charge on any atom is 0.248 e. The van der Waals surface area contributed by atoms with Crippen LogP contribution in [0.2, 0.25) is 0 Å². The van der Waals surface area contributed by atoms with E-state index in [1.165, 1.54) is 22.6 Å². The minimum atomic E-state index is -0.0259. The van der Waals surface area contributed by atoms with Crippen molar-refractivity contribution in [1.82, 2.24) is 9.91 Å². The molecule has 5 nitrogen and oxygen atoms in total. The van der Waals surface area contributed by atoms with Gasteiger partial charge in [0.1, 0.15) is 0 Å². The Morgan fingerprint density at radius 3 is 2.88 bits per heavy atom. The first-order chi connectivity index (χ1) is 12.1. The summed E-state index contributed by atoms with van der Waals surface area (Å²) < 4.78 is 0. The first-order valence-electron chi connectivity index (χ1n) is 9.33. The fraction of sp³-hybridized carbons (Fsp3) is 0.550. The van der Waals surface area contributed by atoms with E-state index in [0.717, 1.165) is 32.2 Å². The van der Waals surface area contributed by atoms with Gasteiger partial charge in [0.15, 0.2) is 0 Å². The number of fused-ring (bicyclic) bond motifs is 1. The average Bonchev–Trinajstić information content (AvgIpc) is 3.21. The van der Waals surface area contributed by atoms with Crippen LogP contribution in [0.4, 0.5) is 0 Å². The number of hydrazone groups is 1. The number of hydrogen-bond donors (Lipinski definition) is 0. The minimum absolute atomic E-state index is 0.0259. The molecule has 2 heterocycles. The van der Waals surface area contributed by atoms with Gasteiger partial charge in [-0.2, -0.15) is 5.10 Å². The Labute approximate surface area is 148 Å². The SMILES string of the molecule is CN1N=C(CC(=O)N2CCC[C@H]2[C@@H]2CCCc3ccccc32)CC1=O. The highest BCUT2D eigenvalue weighted by Crippen LogP contribution is 2.39. The Hall–Kier alpha value is -2.17. The molecule has 0 spiro atoms. The van der Waals surface area contributed by atoms with Crippen molar-refractivity contribution in [2.45, 2.75) is 56.9 Å². The smallest absolute Gasteiger partial charge is 0.248 e. The molecule has 2 atom stereocenters. The molecule has 0 saturated carbocycles. The number of nitrogens with zero attached hydrogens (tertiary/aromatic N) is 3. The Bertz CT molecular complexity index is 727. The quantitative estimate of drug-likeness (QED) is 0.850. The van der Waals surface area contributed by atoms with E-state index in [9.17, 15) is 9.59 Å². The van der Waals surface area contributed by atoms with Crippen LogP contribution in [0, 0.1) is 0 Å². The summed E-state index contributed by atoms with van der Waals surface area (Å²) >= 11 is 0. The Balaban J connectivity index is 1.51. The molecule has 1 aromatic rings. The van der Waals surface area contributed by atoms with Gasteiger partial charge in [-0.05, 0) is 43.2 Å². The standard InChI is InChI=1S/C20H25N3O2/c1-22-19(24)12-15(21-22)13-20(25)23-11-5-10-18(23)17-9-4-7-14-6-2-3-8-16(14)17/h2-3,6,8,17-18H,4-5,7,9-13H2,1H3/t17-,18+/m1/s1. The summed E-state index contributed by atoms with van der Waals surface area (Å²) in [5.41, 5.74) is 3.59. The summed E-state index contributed by atoms with van der Waals surface area (Å²) in [7, 11) is 1.65. The van der Waals surface area contributed by atoms with E-state index in [2.05, 4.69) is 34.3 Å².